The van der Waals surface area contributed by atoms with Gasteiger partial charge in [0.1, 0.15) is 0 Å². The first kappa shape index (κ1) is 31.2. The van der Waals surface area contributed by atoms with E-state index in [4.69, 9.17) is 11.6 Å². The number of rotatable bonds is 6. The van der Waals surface area contributed by atoms with Gasteiger partial charge in [-0.25, -0.2) is 13.1 Å². The van der Waals surface area contributed by atoms with E-state index in [1.54, 1.807) is 23.0 Å². The summed E-state index contributed by atoms with van der Waals surface area (Å²) >= 11 is 9.82. The molecule has 4 aromatic carbocycles. The van der Waals surface area contributed by atoms with Crippen LogP contribution < -0.4 is 10.0 Å². The highest BCUT2D eigenvalue weighted by atomic mass is 79.9. The first-order valence-corrected chi connectivity index (χ1v) is 16.9. The van der Waals surface area contributed by atoms with Gasteiger partial charge in [0, 0.05) is 27.9 Å². The van der Waals surface area contributed by atoms with E-state index in [0.29, 0.717) is 16.3 Å². The fourth-order valence-electron chi connectivity index (χ4n) is 6.38. The highest BCUT2D eigenvalue weighted by Crippen LogP contribution is 2.54. The van der Waals surface area contributed by atoms with Crippen molar-refractivity contribution in [2.24, 2.45) is 0 Å². The summed E-state index contributed by atoms with van der Waals surface area (Å²) in [4.78, 5) is 13.6. The van der Waals surface area contributed by atoms with Crippen molar-refractivity contribution in [1.29, 1.82) is 0 Å². The Morgan fingerprint density at radius 1 is 0.936 bits per heavy atom. The van der Waals surface area contributed by atoms with E-state index in [1.807, 2.05) is 43.3 Å². The molecule has 0 bridgehead atoms. The number of hydrogen-bond acceptors (Lipinski definition) is 4. The Labute approximate surface area is 281 Å². The molecule has 7 rings (SSSR count). The molecular weight excluding hydrogens is 717 g/mol. The van der Waals surface area contributed by atoms with Gasteiger partial charge in [0.25, 0.3) is 10.0 Å². The number of carbonyl (C=O) groups excluding carboxylic acids is 1. The molecule has 0 fully saturated rings. The minimum atomic E-state index is -4.55. The number of benzene rings is 4. The van der Waals surface area contributed by atoms with E-state index in [1.165, 1.54) is 18.2 Å². The summed E-state index contributed by atoms with van der Waals surface area (Å²) in [5.74, 6) is -1.49. The molecule has 2 aliphatic rings. The maximum Gasteiger partial charge on any atom is 0.416 e. The molecule has 1 aliphatic heterocycles. The Hall–Kier alpha value is -4.39. The van der Waals surface area contributed by atoms with E-state index in [2.05, 4.69) is 31.1 Å². The average Bonchev–Trinajstić information content (AvgIpc) is 3.65. The first-order valence-electron chi connectivity index (χ1n) is 14.3. The number of anilines is 2. The SMILES string of the molecule is CC1=C(c2c(Br)cnn2-c2ccc(Cl)cc2)c2ccccc2C1C1C(=O)Nc2ccc(S(=O)(=O)Nc3ccc(C(F)(F)F)cc3)cc21. The summed E-state index contributed by atoms with van der Waals surface area (Å²) in [6, 6.07) is 23.1. The Balaban J connectivity index is 1.30. The Morgan fingerprint density at radius 2 is 1.64 bits per heavy atom. The van der Waals surface area contributed by atoms with Crippen molar-refractivity contribution < 1.29 is 26.4 Å². The zero-order valence-corrected chi connectivity index (χ0v) is 27.5. The maximum atomic E-state index is 13.7. The van der Waals surface area contributed by atoms with Gasteiger partial charge in [-0.05, 0) is 106 Å². The fourth-order valence-corrected chi connectivity index (χ4v) is 8.05. The first-order chi connectivity index (χ1) is 22.3. The number of sulfonamides is 1. The van der Waals surface area contributed by atoms with Gasteiger partial charge >= 0.3 is 6.18 Å². The van der Waals surface area contributed by atoms with Crippen LogP contribution in [0.2, 0.25) is 5.02 Å². The quantitative estimate of drug-likeness (QED) is 0.182. The number of amides is 1. The molecular formula is C34H23BrClF3N4O3S. The summed E-state index contributed by atoms with van der Waals surface area (Å²) in [6.45, 7) is 1.96. The van der Waals surface area contributed by atoms with Crippen LogP contribution >= 0.6 is 27.5 Å². The zero-order valence-electron chi connectivity index (χ0n) is 24.3. The molecule has 0 saturated carbocycles. The number of fused-ring (bicyclic) bond motifs is 2. The van der Waals surface area contributed by atoms with E-state index >= 15 is 0 Å². The lowest BCUT2D eigenvalue weighted by Gasteiger charge is -2.21. The monoisotopic (exact) mass is 738 g/mol. The molecule has 1 aliphatic carbocycles. The van der Waals surface area contributed by atoms with Gasteiger partial charge in [-0.15, -0.1) is 0 Å². The second-order valence-corrected chi connectivity index (χ2v) is 14.2. The van der Waals surface area contributed by atoms with E-state index in [-0.39, 0.29) is 16.5 Å². The molecule has 5 aromatic rings. The van der Waals surface area contributed by atoms with E-state index in [9.17, 15) is 26.4 Å². The van der Waals surface area contributed by atoms with Crippen molar-refractivity contribution in [1.82, 2.24) is 9.78 Å². The number of allylic oxidation sites excluding steroid dienone is 1. The minimum absolute atomic E-state index is 0.0275. The highest BCUT2D eigenvalue weighted by Gasteiger charge is 2.44. The van der Waals surface area contributed by atoms with E-state index < -0.39 is 33.6 Å². The number of hydrogen-bond donors (Lipinski definition) is 2. The molecule has 1 aromatic heterocycles. The van der Waals surface area contributed by atoms with Crippen molar-refractivity contribution >= 4 is 60.4 Å². The third-order valence-electron chi connectivity index (χ3n) is 8.47. The molecule has 47 heavy (non-hydrogen) atoms. The molecule has 13 heteroatoms. The largest absolute Gasteiger partial charge is 0.416 e. The summed E-state index contributed by atoms with van der Waals surface area (Å²) in [5, 5.41) is 8.11. The summed E-state index contributed by atoms with van der Waals surface area (Å²) in [7, 11) is -4.22. The van der Waals surface area contributed by atoms with Gasteiger partial charge in [-0.3, -0.25) is 9.52 Å². The normalized spacial score (nSPS) is 17.4. The summed E-state index contributed by atoms with van der Waals surface area (Å²) in [5.41, 5.74) is 5.24. The van der Waals surface area contributed by atoms with Crippen LogP contribution in [-0.2, 0) is 21.0 Å². The highest BCUT2D eigenvalue weighted by molar-refractivity contribution is 9.10. The molecule has 0 saturated heterocycles. The van der Waals surface area contributed by atoms with Gasteiger partial charge in [0.05, 0.1) is 38.4 Å². The van der Waals surface area contributed by atoms with Crippen LogP contribution in [0.4, 0.5) is 24.5 Å². The molecule has 2 atom stereocenters. The Morgan fingerprint density at radius 3 is 2.34 bits per heavy atom. The molecule has 2 heterocycles. The third-order valence-corrected chi connectivity index (χ3v) is 10.7. The van der Waals surface area contributed by atoms with Crippen molar-refractivity contribution in [3.8, 4) is 5.69 Å². The average molecular weight is 740 g/mol. The second kappa shape index (κ2) is 11.4. The predicted octanol–water partition coefficient (Wildman–Crippen LogP) is 8.76. The Bertz CT molecular complexity index is 2220. The molecule has 0 spiro atoms. The second-order valence-electron chi connectivity index (χ2n) is 11.2. The lowest BCUT2D eigenvalue weighted by atomic mass is 9.80. The molecule has 238 valence electrons. The standard InChI is InChI=1S/C34H23BrClF3N4O3S/c1-18-29(24-4-2-3-5-25(24)30(18)32-27(35)17-40-43(32)22-12-8-20(36)9-13-22)31-26-16-23(14-15-28(26)41-33(31)44)47(45,46)42-21-10-6-19(7-11-21)34(37,38)39/h2-17,29,31,42H,1H3,(H,41,44). The van der Waals surface area contributed by atoms with Crippen molar-refractivity contribution in [2.45, 2.75) is 29.8 Å². The fraction of sp³-hybridized carbons (Fsp3) is 0.118. The van der Waals surface area contributed by atoms with E-state index in [0.717, 1.165) is 62.4 Å². The van der Waals surface area contributed by atoms with Gasteiger partial charge < -0.3 is 5.32 Å². The van der Waals surface area contributed by atoms with Crippen LogP contribution in [0, 0.1) is 0 Å². The molecule has 2 unspecified atom stereocenters. The van der Waals surface area contributed by atoms with Crippen LogP contribution in [0.25, 0.3) is 11.3 Å². The number of halogens is 5. The Kier molecular flexibility index (Phi) is 7.57. The predicted molar refractivity (Wildman–Crippen MR) is 177 cm³/mol. The lowest BCUT2D eigenvalue weighted by molar-refractivity contribution is -0.137. The van der Waals surface area contributed by atoms with Crippen molar-refractivity contribution in [2.75, 3.05) is 10.0 Å². The lowest BCUT2D eigenvalue weighted by Crippen LogP contribution is -2.19. The number of nitrogens with zero attached hydrogens (tertiary/aromatic N) is 2. The van der Waals surface area contributed by atoms with Crippen molar-refractivity contribution in [3.63, 3.8) is 0 Å². The number of aromatic nitrogens is 2. The van der Waals surface area contributed by atoms with Crippen LogP contribution in [0.1, 0.15) is 46.7 Å². The number of nitrogens with one attached hydrogen (secondary N) is 2. The van der Waals surface area contributed by atoms with Crippen molar-refractivity contribution in [3.05, 3.63) is 140 Å². The van der Waals surface area contributed by atoms with Gasteiger partial charge in [-0.1, -0.05) is 41.4 Å². The van der Waals surface area contributed by atoms with Gasteiger partial charge in [-0.2, -0.15) is 18.3 Å². The van der Waals surface area contributed by atoms with Crippen LogP contribution in [-0.4, -0.2) is 24.1 Å². The summed E-state index contributed by atoms with van der Waals surface area (Å²) in [6.07, 6.45) is -2.85. The van der Waals surface area contributed by atoms with Crippen LogP contribution in [0.15, 0.2) is 112 Å². The summed E-state index contributed by atoms with van der Waals surface area (Å²) < 4.78 is 70.8. The third kappa shape index (κ3) is 5.43. The minimum Gasteiger partial charge on any atom is -0.325 e. The number of carbonyl (C=O) groups is 1. The molecule has 1 amide bonds. The zero-order chi connectivity index (χ0) is 33.2. The smallest absolute Gasteiger partial charge is 0.325 e. The molecule has 7 nitrogen and oxygen atoms in total. The maximum absolute atomic E-state index is 13.7. The van der Waals surface area contributed by atoms with Gasteiger partial charge in [0.15, 0.2) is 0 Å². The molecule has 2 N–H and O–H groups in total. The van der Waals surface area contributed by atoms with Gasteiger partial charge in [0.2, 0.25) is 5.91 Å². The van der Waals surface area contributed by atoms with Crippen LogP contribution in [0.3, 0.4) is 0 Å². The number of alkyl halides is 3. The molecule has 0 radical (unpaired) electrons. The van der Waals surface area contributed by atoms with Crippen LogP contribution in [0.5, 0.6) is 0 Å². The topological polar surface area (TPSA) is 93.1 Å².